The summed E-state index contributed by atoms with van der Waals surface area (Å²) in [4.78, 5) is 27.1. The molecule has 0 fully saturated rings. The van der Waals surface area contributed by atoms with Gasteiger partial charge in [-0.15, -0.1) is 0 Å². The number of fused-ring (bicyclic) bond motifs is 8. The molecule has 2 unspecified atom stereocenters. The zero-order chi connectivity index (χ0) is 15.0. The fourth-order valence-electron chi connectivity index (χ4n) is 1.80. The quantitative estimate of drug-likeness (QED) is 0.522. The number of aromatic hydroxyl groups is 1. The van der Waals surface area contributed by atoms with E-state index in [4.69, 9.17) is 9.47 Å². The number of aromatic nitrogens is 1. The molecule has 8 heteroatoms. The maximum atomic E-state index is 11.7. The van der Waals surface area contributed by atoms with E-state index < -0.39 is 30.8 Å². The van der Waals surface area contributed by atoms with Crippen molar-refractivity contribution in [3.8, 4) is 11.5 Å². The van der Waals surface area contributed by atoms with Gasteiger partial charge in [0.2, 0.25) is 0 Å². The molecule has 0 saturated carbocycles. The van der Waals surface area contributed by atoms with Crippen molar-refractivity contribution in [1.29, 1.82) is 0 Å². The topological polar surface area (TPSA) is 126 Å². The number of esters is 2. The van der Waals surface area contributed by atoms with Gasteiger partial charge >= 0.3 is 11.9 Å². The van der Waals surface area contributed by atoms with Crippen molar-refractivity contribution >= 4 is 11.9 Å². The molecule has 1 aromatic heterocycles. The first-order chi connectivity index (χ1) is 9.32. The number of aryl methyl sites for hydroxylation is 1. The van der Waals surface area contributed by atoms with Crippen LogP contribution < -0.4 is 4.74 Å². The standard InChI is InChI=1S/C12H13NO7/c1-4-7(14)6-3-19-11(17)8(15)9(16)12(18)20-10(4)5(2)13-6/h8-9,14-16H,3H2,1-2H3. The number of pyridine rings is 1. The van der Waals surface area contributed by atoms with Crippen molar-refractivity contribution in [3.05, 3.63) is 17.0 Å². The fourth-order valence-corrected chi connectivity index (χ4v) is 1.80. The first-order valence-corrected chi connectivity index (χ1v) is 5.76. The van der Waals surface area contributed by atoms with Gasteiger partial charge in [0.15, 0.2) is 18.0 Å². The van der Waals surface area contributed by atoms with E-state index in [1.807, 2.05) is 0 Å². The average Bonchev–Trinajstić information content (AvgIpc) is 2.44. The van der Waals surface area contributed by atoms with Crippen LogP contribution in [0.5, 0.6) is 11.5 Å². The minimum absolute atomic E-state index is 0.0307. The number of carbonyl (C=O) groups excluding carboxylic acids is 2. The predicted octanol–water partition coefficient (Wildman–Crippen LogP) is -0.912. The van der Waals surface area contributed by atoms with Crippen molar-refractivity contribution in [2.24, 2.45) is 0 Å². The number of hydrogen-bond donors (Lipinski definition) is 3. The SMILES string of the molecule is Cc1nc2c(O)c(C)c1OC(=O)C(O)C(O)C(=O)OC2. The monoisotopic (exact) mass is 283 g/mol. The molecule has 1 aromatic rings. The Morgan fingerprint density at radius 3 is 2.40 bits per heavy atom. The summed E-state index contributed by atoms with van der Waals surface area (Å²) in [6, 6.07) is 0. The Morgan fingerprint density at radius 1 is 1.15 bits per heavy atom. The molecule has 2 aliphatic rings. The molecule has 0 saturated heterocycles. The summed E-state index contributed by atoms with van der Waals surface area (Å²) in [5, 5.41) is 28.9. The minimum atomic E-state index is -2.08. The highest BCUT2D eigenvalue weighted by Crippen LogP contribution is 2.33. The summed E-state index contributed by atoms with van der Waals surface area (Å²) < 4.78 is 9.59. The Bertz CT molecular complexity index is 584. The molecule has 3 N–H and O–H groups in total. The highest BCUT2D eigenvalue weighted by molar-refractivity contribution is 5.86. The van der Waals surface area contributed by atoms with Gasteiger partial charge in [-0.2, -0.15) is 0 Å². The number of ether oxygens (including phenoxy) is 2. The second kappa shape index (κ2) is 5.06. The molecule has 20 heavy (non-hydrogen) atoms. The fraction of sp³-hybridized carbons (Fsp3) is 0.417. The second-order valence-electron chi connectivity index (χ2n) is 4.37. The third-order valence-electron chi connectivity index (χ3n) is 2.94. The van der Waals surface area contributed by atoms with Gasteiger partial charge in [-0.3, -0.25) is 0 Å². The normalized spacial score (nSPS) is 23.0. The molecule has 2 bridgehead atoms. The predicted molar refractivity (Wildman–Crippen MR) is 62.8 cm³/mol. The zero-order valence-electron chi connectivity index (χ0n) is 10.8. The Hall–Kier alpha value is -2.19. The van der Waals surface area contributed by atoms with Gasteiger partial charge < -0.3 is 24.8 Å². The molecule has 0 amide bonds. The van der Waals surface area contributed by atoms with Crippen LogP contribution in [-0.4, -0.2) is 44.5 Å². The van der Waals surface area contributed by atoms with Gasteiger partial charge in [-0.25, -0.2) is 14.6 Å². The van der Waals surface area contributed by atoms with Crippen LogP contribution in [0.15, 0.2) is 0 Å². The highest BCUT2D eigenvalue weighted by atomic mass is 16.6. The van der Waals surface area contributed by atoms with Gasteiger partial charge in [0.25, 0.3) is 0 Å². The summed E-state index contributed by atoms with van der Waals surface area (Å²) in [7, 11) is 0. The number of hydrogen-bond acceptors (Lipinski definition) is 8. The number of nitrogens with zero attached hydrogens (tertiary/aromatic N) is 1. The number of aliphatic hydroxyl groups excluding tert-OH is 2. The van der Waals surface area contributed by atoms with Crippen LogP contribution in [0.4, 0.5) is 0 Å². The molecule has 3 heterocycles. The van der Waals surface area contributed by atoms with E-state index >= 15 is 0 Å². The van der Waals surface area contributed by atoms with Crippen LogP contribution in [-0.2, 0) is 20.9 Å². The molecule has 2 atom stereocenters. The third-order valence-corrected chi connectivity index (χ3v) is 2.94. The molecule has 8 nitrogen and oxygen atoms in total. The van der Waals surface area contributed by atoms with E-state index in [1.54, 1.807) is 0 Å². The summed E-state index contributed by atoms with van der Waals surface area (Å²) in [5.74, 6) is -2.76. The average molecular weight is 283 g/mol. The lowest BCUT2D eigenvalue weighted by molar-refractivity contribution is -0.169. The van der Waals surface area contributed by atoms with Crippen LogP contribution in [0, 0.1) is 13.8 Å². The zero-order valence-corrected chi connectivity index (χ0v) is 10.8. The lowest BCUT2D eigenvalue weighted by Gasteiger charge is -2.15. The van der Waals surface area contributed by atoms with Crippen LogP contribution in [0.1, 0.15) is 17.0 Å². The van der Waals surface area contributed by atoms with Crippen LogP contribution in [0.2, 0.25) is 0 Å². The first kappa shape index (κ1) is 14.2. The maximum Gasteiger partial charge on any atom is 0.343 e. The Kier molecular flexibility index (Phi) is 3.60. The van der Waals surface area contributed by atoms with Crippen LogP contribution >= 0.6 is 0 Å². The van der Waals surface area contributed by atoms with Gasteiger partial charge in [0, 0.05) is 5.56 Å². The largest absolute Gasteiger partial charge is 0.505 e. The molecule has 0 aliphatic carbocycles. The van der Waals surface area contributed by atoms with E-state index in [-0.39, 0.29) is 28.5 Å². The van der Waals surface area contributed by atoms with Crippen LogP contribution in [0.25, 0.3) is 0 Å². The van der Waals surface area contributed by atoms with E-state index in [9.17, 15) is 24.9 Å². The molecule has 0 spiro atoms. The lowest BCUT2D eigenvalue weighted by Crippen LogP contribution is -2.42. The summed E-state index contributed by atoms with van der Waals surface area (Å²) in [6.45, 7) is 2.62. The Morgan fingerprint density at radius 2 is 1.75 bits per heavy atom. The van der Waals surface area contributed by atoms with Gasteiger partial charge in [-0.05, 0) is 13.8 Å². The van der Waals surface area contributed by atoms with Gasteiger partial charge in [-0.1, -0.05) is 0 Å². The number of aliphatic hydroxyl groups is 2. The van der Waals surface area contributed by atoms with E-state index in [0.29, 0.717) is 0 Å². The smallest absolute Gasteiger partial charge is 0.343 e. The molecular formula is C12H13NO7. The van der Waals surface area contributed by atoms with Gasteiger partial charge in [0.05, 0.1) is 5.69 Å². The molecule has 108 valence electrons. The minimum Gasteiger partial charge on any atom is -0.505 e. The van der Waals surface area contributed by atoms with Crippen molar-refractivity contribution in [3.63, 3.8) is 0 Å². The molecule has 0 aromatic carbocycles. The molecule has 0 radical (unpaired) electrons. The Balaban J connectivity index is 2.55. The Labute approximate surface area is 113 Å². The first-order valence-electron chi connectivity index (χ1n) is 5.76. The van der Waals surface area contributed by atoms with Crippen LogP contribution in [0.3, 0.4) is 0 Å². The second-order valence-corrected chi connectivity index (χ2v) is 4.37. The van der Waals surface area contributed by atoms with Crippen molar-refractivity contribution in [2.75, 3.05) is 0 Å². The maximum absolute atomic E-state index is 11.7. The lowest BCUT2D eigenvalue weighted by atomic mass is 10.1. The summed E-state index contributed by atoms with van der Waals surface area (Å²) in [5.41, 5.74) is 0.570. The third kappa shape index (κ3) is 2.30. The van der Waals surface area contributed by atoms with Gasteiger partial charge in [0.1, 0.15) is 18.1 Å². The van der Waals surface area contributed by atoms with E-state index in [1.165, 1.54) is 13.8 Å². The highest BCUT2D eigenvalue weighted by Gasteiger charge is 2.35. The number of rotatable bonds is 0. The van der Waals surface area contributed by atoms with Crippen molar-refractivity contribution < 1.29 is 34.4 Å². The molecular weight excluding hydrogens is 270 g/mol. The summed E-state index contributed by atoms with van der Waals surface area (Å²) in [6.07, 6.45) is -4.15. The molecule has 3 rings (SSSR count). The summed E-state index contributed by atoms with van der Waals surface area (Å²) >= 11 is 0. The van der Waals surface area contributed by atoms with Crippen molar-refractivity contribution in [1.82, 2.24) is 4.98 Å². The van der Waals surface area contributed by atoms with Crippen molar-refractivity contribution in [2.45, 2.75) is 32.7 Å². The molecule has 2 aliphatic heterocycles. The number of carbonyl (C=O) groups is 2. The van der Waals surface area contributed by atoms with E-state index in [2.05, 4.69) is 4.98 Å². The van der Waals surface area contributed by atoms with E-state index in [0.717, 1.165) is 0 Å².